The molecule has 30 heavy (non-hydrogen) atoms. The number of nitrogens with one attached hydrogen (secondary N) is 1. The number of benzene rings is 2. The lowest BCUT2D eigenvalue weighted by atomic mass is 10.1. The zero-order valence-corrected chi connectivity index (χ0v) is 18.9. The molecule has 0 radical (unpaired) electrons. The third kappa shape index (κ3) is 6.13. The molecule has 2 aromatic carbocycles. The average Bonchev–Trinajstić information content (AvgIpc) is 2.71. The first-order valence-corrected chi connectivity index (χ1v) is 11.6. The largest absolute Gasteiger partial charge is 0.493 e. The number of nitrogens with zero attached hydrogens (tertiary/aromatic N) is 1. The highest BCUT2D eigenvalue weighted by molar-refractivity contribution is 7.92. The number of aryl methyl sites for hydroxylation is 1. The molecule has 7 nitrogen and oxygen atoms in total. The monoisotopic (exact) mass is 434 g/mol. The molecule has 0 aromatic heterocycles. The Bertz CT molecular complexity index is 947. The molecule has 0 unspecified atom stereocenters. The van der Waals surface area contributed by atoms with Crippen LogP contribution in [0.1, 0.15) is 25.8 Å². The lowest BCUT2D eigenvalue weighted by Crippen LogP contribution is -2.50. The van der Waals surface area contributed by atoms with Gasteiger partial charge in [0, 0.05) is 12.1 Å². The van der Waals surface area contributed by atoms with Crippen LogP contribution in [0.2, 0.25) is 0 Å². The summed E-state index contributed by atoms with van der Waals surface area (Å²) < 4.78 is 36.6. The summed E-state index contributed by atoms with van der Waals surface area (Å²) in [6, 6.07) is 13.7. The van der Waals surface area contributed by atoms with Crippen LogP contribution in [-0.4, -0.2) is 46.9 Å². The second kappa shape index (κ2) is 10.3. The maximum absolute atomic E-state index is 12.8. The molecule has 2 atom stereocenters. The Hall–Kier alpha value is -2.74. The van der Waals surface area contributed by atoms with Crippen LogP contribution in [0.3, 0.4) is 0 Å². The fourth-order valence-electron chi connectivity index (χ4n) is 3.23. The van der Waals surface area contributed by atoms with Crippen LogP contribution in [0.25, 0.3) is 0 Å². The van der Waals surface area contributed by atoms with E-state index in [1.807, 2.05) is 37.3 Å². The van der Waals surface area contributed by atoms with Gasteiger partial charge in [-0.15, -0.1) is 0 Å². The molecule has 164 valence electrons. The number of amides is 1. The first-order chi connectivity index (χ1) is 14.2. The predicted octanol–water partition coefficient (Wildman–Crippen LogP) is 3.00. The second-order valence-electron chi connectivity index (χ2n) is 7.21. The quantitative estimate of drug-likeness (QED) is 0.621. The minimum Gasteiger partial charge on any atom is -0.493 e. The van der Waals surface area contributed by atoms with Crippen molar-refractivity contribution in [1.29, 1.82) is 0 Å². The highest BCUT2D eigenvalue weighted by Crippen LogP contribution is 2.33. The molecule has 0 spiro atoms. The van der Waals surface area contributed by atoms with Gasteiger partial charge in [-0.2, -0.15) is 0 Å². The van der Waals surface area contributed by atoms with E-state index in [0.717, 1.165) is 23.4 Å². The highest BCUT2D eigenvalue weighted by atomic mass is 32.2. The fourth-order valence-corrected chi connectivity index (χ4v) is 4.40. The molecular formula is C22H30N2O5S. The van der Waals surface area contributed by atoms with E-state index in [1.165, 1.54) is 19.8 Å². The maximum atomic E-state index is 12.8. The number of sulfonamides is 1. The van der Waals surface area contributed by atoms with Crippen LogP contribution in [0, 0.1) is 0 Å². The van der Waals surface area contributed by atoms with Crippen molar-refractivity contribution < 1.29 is 22.7 Å². The Balaban J connectivity index is 2.14. The Morgan fingerprint density at radius 3 is 2.23 bits per heavy atom. The molecule has 0 fully saturated rings. The molecule has 0 bridgehead atoms. The highest BCUT2D eigenvalue weighted by Gasteiger charge is 2.30. The summed E-state index contributed by atoms with van der Waals surface area (Å²) in [6.45, 7) is 3.48. The first-order valence-electron chi connectivity index (χ1n) is 9.73. The van der Waals surface area contributed by atoms with Crippen molar-refractivity contribution in [3.8, 4) is 11.5 Å². The van der Waals surface area contributed by atoms with E-state index in [9.17, 15) is 13.2 Å². The molecule has 0 aliphatic heterocycles. The Morgan fingerprint density at radius 2 is 1.67 bits per heavy atom. The van der Waals surface area contributed by atoms with Crippen LogP contribution < -0.4 is 19.1 Å². The van der Waals surface area contributed by atoms with Crippen molar-refractivity contribution in [2.75, 3.05) is 24.8 Å². The minimum atomic E-state index is -3.72. The van der Waals surface area contributed by atoms with Gasteiger partial charge in [0.2, 0.25) is 15.9 Å². The number of anilines is 1. The van der Waals surface area contributed by atoms with Crippen molar-refractivity contribution in [2.45, 2.75) is 38.8 Å². The minimum absolute atomic E-state index is 0.105. The van der Waals surface area contributed by atoms with Gasteiger partial charge in [-0.25, -0.2) is 8.42 Å². The Morgan fingerprint density at radius 1 is 1.03 bits per heavy atom. The topological polar surface area (TPSA) is 84.9 Å². The molecule has 2 rings (SSSR count). The molecule has 2 aromatic rings. The van der Waals surface area contributed by atoms with Gasteiger partial charge in [-0.3, -0.25) is 9.10 Å². The molecule has 0 saturated heterocycles. The number of hydrogen-bond donors (Lipinski definition) is 1. The van der Waals surface area contributed by atoms with E-state index < -0.39 is 16.1 Å². The van der Waals surface area contributed by atoms with Gasteiger partial charge in [-0.05, 0) is 44.4 Å². The van der Waals surface area contributed by atoms with Crippen LogP contribution in [0.15, 0.2) is 48.5 Å². The number of carbonyl (C=O) groups is 1. The summed E-state index contributed by atoms with van der Waals surface area (Å²) in [5, 5.41) is 2.92. The lowest BCUT2D eigenvalue weighted by molar-refractivity contribution is -0.122. The molecule has 1 N–H and O–H groups in total. The molecular weight excluding hydrogens is 404 g/mol. The third-order valence-corrected chi connectivity index (χ3v) is 6.05. The van der Waals surface area contributed by atoms with Gasteiger partial charge in [0.25, 0.3) is 0 Å². The van der Waals surface area contributed by atoms with Gasteiger partial charge < -0.3 is 14.8 Å². The lowest BCUT2D eigenvalue weighted by Gasteiger charge is -2.29. The average molecular weight is 435 g/mol. The summed E-state index contributed by atoms with van der Waals surface area (Å²) in [4.78, 5) is 12.8. The molecule has 0 saturated carbocycles. The summed E-state index contributed by atoms with van der Waals surface area (Å²) in [6.07, 6.45) is 2.65. The van der Waals surface area contributed by atoms with Crippen molar-refractivity contribution in [3.63, 3.8) is 0 Å². The molecule has 0 heterocycles. The van der Waals surface area contributed by atoms with Crippen LogP contribution >= 0.6 is 0 Å². The fraction of sp³-hybridized carbons (Fsp3) is 0.409. The van der Waals surface area contributed by atoms with Crippen LogP contribution in [0.5, 0.6) is 11.5 Å². The standard InChI is InChI=1S/C22H30N2O5S/c1-16(11-12-18-9-7-6-8-10-18)23-22(25)17(2)24(30(5,26)27)19-13-14-20(28-3)21(15-19)29-4/h6-10,13-17H,11-12H2,1-5H3,(H,23,25)/t16-,17-/m0/s1. The molecule has 8 heteroatoms. The summed E-state index contributed by atoms with van der Waals surface area (Å²) in [7, 11) is -0.754. The van der Waals surface area contributed by atoms with Crippen molar-refractivity contribution in [3.05, 3.63) is 54.1 Å². The molecule has 0 aliphatic rings. The normalized spacial score (nSPS) is 13.2. The number of carbonyl (C=O) groups excluding carboxylic acids is 1. The van der Waals surface area contributed by atoms with Crippen molar-refractivity contribution >= 4 is 21.6 Å². The number of hydrogen-bond acceptors (Lipinski definition) is 5. The molecule has 1 amide bonds. The van der Waals surface area contributed by atoms with Gasteiger partial charge in [0.15, 0.2) is 11.5 Å². The van der Waals surface area contributed by atoms with E-state index >= 15 is 0 Å². The van der Waals surface area contributed by atoms with E-state index in [-0.39, 0.29) is 11.9 Å². The van der Waals surface area contributed by atoms with E-state index in [2.05, 4.69) is 5.32 Å². The second-order valence-corrected chi connectivity index (χ2v) is 9.07. The van der Waals surface area contributed by atoms with Crippen molar-refractivity contribution in [2.24, 2.45) is 0 Å². The third-order valence-electron chi connectivity index (χ3n) is 4.81. The number of methoxy groups -OCH3 is 2. The number of rotatable bonds is 10. The van der Waals surface area contributed by atoms with Gasteiger partial charge in [0.05, 0.1) is 26.2 Å². The smallest absolute Gasteiger partial charge is 0.243 e. The summed E-state index contributed by atoms with van der Waals surface area (Å²) in [5.41, 5.74) is 1.52. The summed E-state index contributed by atoms with van der Waals surface area (Å²) >= 11 is 0. The zero-order chi connectivity index (χ0) is 22.3. The van der Waals surface area contributed by atoms with Gasteiger partial charge in [0.1, 0.15) is 6.04 Å². The Kier molecular flexibility index (Phi) is 8.11. The predicted molar refractivity (Wildman–Crippen MR) is 119 cm³/mol. The number of ether oxygens (including phenoxy) is 2. The van der Waals surface area contributed by atoms with E-state index in [0.29, 0.717) is 17.2 Å². The first kappa shape index (κ1) is 23.5. The summed E-state index contributed by atoms with van der Waals surface area (Å²) in [5.74, 6) is 0.490. The van der Waals surface area contributed by atoms with Gasteiger partial charge in [-0.1, -0.05) is 30.3 Å². The van der Waals surface area contributed by atoms with Crippen LogP contribution in [0.4, 0.5) is 5.69 Å². The Labute approximate surface area is 179 Å². The van der Waals surface area contributed by atoms with Crippen LogP contribution in [-0.2, 0) is 21.2 Å². The van der Waals surface area contributed by atoms with E-state index in [4.69, 9.17) is 9.47 Å². The maximum Gasteiger partial charge on any atom is 0.243 e. The van der Waals surface area contributed by atoms with E-state index in [1.54, 1.807) is 25.1 Å². The SMILES string of the molecule is COc1ccc(N([C@@H](C)C(=O)N[C@@H](C)CCc2ccccc2)S(C)(=O)=O)cc1OC. The van der Waals surface area contributed by atoms with Gasteiger partial charge >= 0.3 is 0 Å². The van der Waals surface area contributed by atoms with Crippen molar-refractivity contribution in [1.82, 2.24) is 5.32 Å². The zero-order valence-electron chi connectivity index (χ0n) is 18.1. The molecule has 0 aliphatic carbocycles.